The summed E-state index contributed by atoms with van der Waals surface area (Å²) in [5.41, 5.74) is 0.257. The molecule has 1 saturated heterocycles. The summed E-state index contributed by atoms with van der Waals surface area (Å²) in [6.45, 7) is 1.82. The Labute approximate surface area is 148 Å². The summed E-state index contributed by atoms with van der Waals surface area (Å²) in [6.07, 6.45) is -0.558. The van der Waals surface area contributed by atoms with Gasteiger partial charge in [-0.2, -0.15) is 4.98 Å². The Morgan fingerprint density at radius 2 is 2.19 bits per heavy atom. The average Bonchev–Trinajstić information content (AvgIpc) is 3.07. The van der Waals surface area contributed by atoms with Crippen LogP contribution in [-0.2, 0) is 25.6 Å². The lowest BCUT2D eigenvalue weighted by Gasteiger charge is -2.14. The predicted molar refractivity (Wildman–Crippen MR) is 88.7 cm³/mol. The van der Waals surface area contributed by atoms with E-state index in [1.54, 1.807) is 0 Å². The van der Waals surface area contributed by atoms with Gasteiger partial charge in [-0.1, -0.05) is 30.3 Å². The molecule has 2 atom stereocenters. The molecule has 1 fully saturated rings. The summed E-state index contributed by atoms with van der Waals surface area (Å²) in [4.78, 5) is 26.5. The number of carbonyl (C=O) groups is 1. The minimum absolute atomic E-state index is 0.0554. The van der Waals surface area contributed by atoms with Crippen LogP contribution in [0.15, 0.2) is 41.3 Å². The van der Waals surface area contributed by atoms with Crippen LogP contribution in [0.4, 0.5) is 10.2 Å². The molecule has 2 heterocycles. The van der Waals surface area contributed by atoms with Gasteiger partial charge in [0, 0.05) is 6.92 Å². The lowest BCUT2D eigenvalue weighted by Crippen LogP contribution is -2.30. The Kier molecular flexibility index (Phi) is 5.71. The van der Waals surface area contributed by atoms with Gasteiger partial charge in [0.15, 0.2) is 24.2 Å². The number of halogens is 1. The number of aromatic nitrogens is 2. The zero-order valence-corrected chi connectivity index (χ0v) is 14.1. The third-order valence-corrected chi connectivity index (χ3v) is 3.61. The Morgan fingerprint density at radius 1 is 1.42 bits per heavy atom. The van der Waals surface area contributed by atoms with Gasteiger partial charge in [0.1, 0.15) is 0 Å². The fourth-order valence-corrected chi connectivity index (χ4v) is 2.43. The van der Waals surface area contributed by atoms with Crippen molar-refractivity contribution in [1.29, 1.82) is 0 Å². The van der Waals surface area contributed by atoms with Crippen LogP contribution in [0.3, 0.4) is 0 Å². The van der Waals surface area contributed by atoms with Gasteiger partial charge in [0.25, 0.3) is 0 Å². The average molecular weight is 363 g/mol. The second-order valence-corrected chi connectivity index (χ2v) is 5.66. The van der Waals surface area contributed by atoms with Crippen LogP contribution in [0, 0.1) is 5.82 Å². The largest absolute Gasteiger partial charge is 0.371 e. The van der Waals surface area contributed by atoms with E-state index in [0.717, 1.165) is 16.3 Å². The zero-order valence-electron chi connectivity index (χ0n) is 14.1. The Balaban J connectivity index is 1.57. The number of benzene rings is 1. The lowest BCUT2D eigenvalue weighted by atomic mass is 10.2. The molecule has 9 heteroatoms. The highest BCUT2D eigenvalue weighted by molar-refractivity contribution is 5.87. The van der Waals surface area contributed by atoms with Crippen LogP contribution < -0.4 is 11.0 Å². The smallest absolute Gasteiger partial charge is 0.351 e. The topological polar surface area (TPSA) is 91.7 Å². The second kappa shape index (κ2) is 8.17. The van der Waals surface area contributed by atoms with Gasteiger partial charge in [-0.05, 0) is 5.56 Å². The minimum Gasteiger partial charge on any atom is -0.371 e. The first-order valence-corrected chi connectivity index (χ1v) is 7.98. The van der Waals surface area contributed by atoms with Gasteiger partial charge in [-0.3, -0.25) is 9.36 Å². The summed E-state index contributed by atoms with van der Waals surface area (Å²) in [5, 5.41) is 2.15. The molecule has 2 aromatic rings. The van der Waals surface area contributed by atoms with Crippen molar-refractivity contribution in [3.8, 4) is 0 Å². The Bertz CT molecular complexity index is 827. The van der Waals surface area contributed by atoms with Crippen LogP contribution >= 0.6 is 0 Å². The molecule has 1 aromatic heterocycles. The number of nitrogens with zero attached hydrogens (tertiary/aromatic N) is 2. The van der Waals surface area contributed by atoms with Crippen molar-refractivity contribution in [3.05, 3.63) is 58.4 Å². The molecule has 1 aromatic carbocycles. The van der Waals surface area contributed by atoms with Gasteiger partial charge >= 0.3 is 5.69 Å². The molecule has 0 unspecified atom stereocenters. The van der Waals surface area contributed by atoms with Crippen molar-refractivity contribution in [3.63, 3.8) is 0 Å². The molecular weight excluding hydrogens is 345 g/mol. The number of anilines is 1. The molecule has 3 rings (SSSR count). The fraction of sp³-hybridized carbons (Fsp3) is 0.353. The maximum absolute atomic E-state index is 14.0. The molecule has 1 aliphatic heterocycles. The molecule has 1 amide bonds. The quantitative estimate of drug-likeness (QED) is 0.835. The van der Waals surface area contributed by atoms with Crippen molar-refractivity contribution in [2.75, 3.05) is 18.5 Å². The van der Waals surface area contributed by atoms with E-state index in [0.29, 0.717) is 6.61 Å². The summed E-state index contributed by atoms with van der Waals surface area (Å²) < 4.78 is 31.5. The van der Waals surface area contributed by atoms with E-state index in [9.17, 15) is 14.0 Å². The molecule has 138 valence electrons. The number of hydrogen-bond acceptors (Lipinski definition) is 6. The van der Waals surface area contributed by atoms with Gasteiger partial charge in [-0.15, -0.1) is 0 Å². The number of carbonyl (C=O) groups excluding carboxylic acids is 1. The van der Waals surface area contributed by atoms with E-state index < -0.39 is 35.7 Å². The summed E-state index contributed by atoms with van der Waals surface area (Å²) in [6, 6.07) is 9.61. The summed E-state index contributed by atoms with van der Waals surface area (Å²) in [5.74, 6) is -1.78. The molecule has 0 radical (unpaired) electrons. The van der Waals surface area contributed by atoms with Crippen molar-refractivity contribution in [2.24, 2.45) is 0 Å². The van der Waals surface area contributed by atoms with Crippen LogP contribution in [0.5, 0.6) is 0 Å². The van der Waals surface area contributed by atoms with Gasteiger partial charge in [-0.25, -0.2) is 9.18 Å². The Morgan fingerprint density at radius 3 is 2.92 bits per heavy atom. The first-order chi connectivity index (χ1) is 12.5. The molecule has 0 spiro atoms. The van der Waals surface area contributed by atoms with E-state index in [1.165, 1.54) is 6.92 Å². The molecule has 1 aliphatic rings. The monoisotopic (exact) mass is 363 g/mol. The number of nitrogens with one attached hydrogen (secondary N) is 1. The van der Waals surface area contributed by atoms with Gasteiger partial charge < -0.3 is 19.5 Å². The number of ether oxygens (including phenoxy) is 3. The maximum Gasteiger partial charge on any atom is 0.351 e. The van der Waals surface area contributed by atoms with Crippen LogP contribution in [0.2, 0.25) is 0 Å². The van der Waals surface area contributed by atoms with E-state index in [-0.39, 0.29) is 13.2 Å². The van der Waals surface area contributed by atoms with Crippen LogP contribution in [0.1, 0.15) is 18.7 Å². The van der Waals surface area contributed by atoms with E-state index >= 15 is 0 Å². The van der Waals surface area contributed by atoms with E-state index in [4.69, 9.17) is 14.2 Å². The molecule has 1 N–H and O–H groups in total. The maximum atomic E-state index is 14.0. The molecule has 8 nitrogen and oxygen atoms in total. The molecule has 26 heavy (non-hydrogen) atoms. The predicted octanol–water partition coefficient (Wildman–Crippen LogP) is 1.43. The standard InChI is InChI=1S/C17H18FN3O5/c1-11(22)19-16-13(18)7-21(17(23)20-16)14-9-25-15(26-14)10-24-8-12-5-3-2-4-6-12/h2-7,14-15H,8-10H2,1H3,(H,19,20,22,23)/t14-,15-/m0/s1. The van der Waals surface area contributed by atoms with E-state index in [2.05, 4.69) is 10.3 Å². The third-order valence-electron chi connectivity index (χ3n) is 3.61. The first-order valence-electron chi connectivity index (χ1n) is 7.98. The van der Waals surface area contributed by atoms with Crippen LogP contribution in [-0.4, -0.2) is 35.0 Å². The van der Waals surface area contributed by atoms with Gasteiger partial charge in [0.2, 0.25) is 5.91 Å². The first kappa shape index (κ1) is 18.2. The van der Waals surface area contributed by atoms with E-state index in [1.807, 2.05) is 30.3 Å². The summed E-state index contributed by atoms with van der Waals surface area (Å²) in [7, 11) is 0. The number of rotatable bonds is 6. The summed E-state index contributed by atoms with van der Waals surface area (Å²) >= 11 is 0. The van der Waals surface area contributed by atoms with Crippen molar-refractivity contribution in [1.82, 2.24) is 9.55 Å². The molecular formula is C17H18FN3O5. The highest BCUT2D eigenvalue weighted by Gasteiger charge is 2.29. The van der Waals surface area contributed by atoms with Crippen molar-refractivity contribution in [2.45, 2.75) is 26.0 Å². The zero-order chi connectivity index (χ0) is 18.5. The van der Waals surface area contributed by atoms with Crippen molar-refractivity contribution >= 4 is 11.7 Å². The van der Waals surface area contributed by atoms with Crippen LogP contribution in [0.25, 0.3) is 0 Å². The molecule has 0 aliphatic carbocycles. The minimum atomic E-state index is -0.841. The third kappa shape index (κ3) is 4.51. The molecule has 0 bridgehead atoms. The highest BCUT2D eigenvalue weighted by atomic mass is 19.1. The molecule has 0 saturated carbocycles. The number of hydrogen-bond donors (Lipinski definition) is 1. The Hall–Kier alpha value is -2.62. The fourth-order valence-electron chi connectivity index (χ4n) is 2.43. The SMILES string of the molecule is CC(=O)Nc1nc(=O)n([C@@H]2CO[C@H](COCc3ccccc3)O2)cc1F. The second-order valence-electron chi connectivity index (χ2n) is 5.66. The lowest BCUT2D eigenvalue weighted by molar-refractivity contribution is -0.118. The number of amides is 1. The van der Waals surface area contributed by atoms with Gasteiger partial charge in [0.05, 0.1) is 26.0 Å². The highest BCUT2D eigenvalue weighted by Crippen LogP contribution is 2.21. The van der Waals surface area contributed by atoms with Crippen molar-refractivity contribution < 1.29 is 23.4 Å². The normalized spacial score (nSPS) is 19.5.